The van der Waals surface area contributed by atoms with Gasteiger partial charge in [-0.2, -0.15) is 12.7 Å². The summed E-state index contributed by atoms with van der Waals surface area (Å²) in [5.74, 6) is 2.91. The van der Waals surface area contributed by atoms with Crippen LogP contribution in [-0.2, 0) is 26.5 Å². The molecule has 5 aromatic carbocycles. The third-order valence-corrected chi connectivity index (χ3v) is 10.8. The number of pyridine rings is 2. The summed E-state index contributed by atoms with van der Waals surface area (Å²) in [4.78, 5) is 13.7. The second-order valence-corrected chi connectivity index (χ2v) is 15.5. The number of benzene rings is 5. The Bertz CT molecular complexity index is 2930. The minimum absolute atomic E-state index is 0. The predicted molar refractivity (Wildman–Crippen MR) is 224 cm³/mol. The first-order valence-corrected chi connectivity index (χ1v) is 18.6. The standard InChI is InChI=1S/C48H39N6O.Pt/c1-30-12-9-15-39-40-16-10-13-31(2)46(40)53(45(30)39)33-21-23-49-44(27-33)54-41-17-8-7-14-37(41)38-20-19-35(28-43(38)54)55-36-25-32(48(3,4)5)24-34(26-36)52-29-51(6)47-42(52)18-11-22-50-47;/h7-25,27,29H,1-6H3;/q-3;. The largest absolute Gasteiger partial charge is 0.509 e. The average Bonchev–Trinajstić information content (AvgIpc) is 3.83. The van der Waals surface area contributed by atoms with Crippen molar-refractivity contribution in [1.82, 2.24) is 19.1 Å². The van der Waals surface area contributed by atoms with E-state index in [4.69, 9.17) is 9.72 Å². The van der Waals surface area contributed by atoms with Crippen LogP contribution in [0.25, 0.3) is 55.1 Å². The molecule has 0 fully saturated rings. The van der Waals surface area contributed by atoms with E-state index in [1.54, 1.807) is 0 Å². The minimum Gasteiger partial charge on any atom is -0.509 e. The molecule has 1 aliphatic rings. The van der Waals surface area contributed by atoms with Crippen molar-refractivity contribution in [3.8, 4) is 23.0 Å². The third kappa shape index (κ3) is 5.67. The van der Waals surface area contributed by atoms with E-state index in [2.05, 4.69) is 163 Å². The van der Waals surface area contributed by atoms with Crippen LogP contribution in [-0.4, -0.2) is 26.1 Å². The molecule has 0 spiro atoms. The maximum atomic E-state index is 6.71. The molecule has 56 heavy (non-hydrogen) atoms. The molecular weight excluding hydrogens is 872 g/mol. The van der Waals surface area contributed by atoms with Gasteiger partial charge in [-0.05, 0) is 67.1 Å². The second kappa shape index (κ2) is 13.4. The summed E-state index contributed by atoms with van der Waals surface area (Å²) in [6.45, 7) is 13.1. The zero-order chi connectivity index (χ0) is 37.6. The van der Waals surface area contributed by atoms with Crippen molar-refractivity contribution in [3.05, 3.63) is 157 Å². The quantitative estimate of drug-likeness (QED) is 0.161. The molecule has 9 aromatic rings. The van der Waals surface area contributed by atoms with Gasteiger partial charge in [0, 0.05) is 67.3 Å². The number of anilines is 3. The van der Waals surface area contributed by atoms with Gasteiger partial charge in [0.1, 0.15) is 11.6 Å². The molecule has 0 amide bonds. The Kier molecular flexibility index (Phi) is 8.55. The van der Waals surface area contributed by atoms with E-state index >= 15 is 0 Å². The van der Waals surface area contributed by atoms with Gasteiger partial charge in [0.15, 0.2) is 0 Å². The Balaban J connectivity index is 0.00000410. The molecule has 280 valence electrons. The summed E-state index contributed by atoms with van der Waals surface area (Å²) in [5, 5.41) is 4.69. The molecule has 4 aromatic heterocycles. The number of para-hydroxylation sites is 3. The van der Waals surface area contributed by atoms with E-state index in [1.807, 2.05) is 43.1 Å². The Morgan fingerprint density at radius 1 is 0.661 bits per heavy atom. The zero-order valence-electron chi connectivity index (χ0n) is 32.0. The Morgan fingerprint density at radius 2 is 1.39 bits per heavy atom. The van der Waals surface area contributed by atoms with Crippen LogP contribution in [0.1, 0.15) is 37.5 Å². The molecule has 8 heteroatoms. The van der Waals surface area contributed by atoms with E-state index in [0.29, 0.717) is 11.5 Å². The van der Waals surface area contributed by atoms with Crippen LogP contribution in [0, 0.1) is 32.6 Å². The van der Waals surface area contributed by atoms with E-state index in [1.165, 1.54) is 32.9 Å². The fourth-order valence-electron chi connectivity index (χ4n) is 8.15. The molecular formula is C48H39N6OPt-3. The summed E-state index contributed by atoms with van der Waals surface area (Å²) in [7, 11) is 2.01. The van der Waals surface area contributed by atoms with Crippen molar-refractivity contribution < 1.29 is 25.8 Å². The van der Waals surface area contributed by atoms with Crippen LogP contribution in [0.5, 0.6) is 11.5 Å². The molecule has 5 heterocycles. The van der Waals surface area contributed by atoms with Gasteiger partial charge in [-0.3, -0.25) is 0 Å². The van der Waals surface area contributed by atoms with Gasteiger partial charge in [0.05, 0.1) is 22.4 Å². The van der Waals surface area contributed by atoms with E-state index in [-0.39, 0.29) is 26.5 Å². The van der Waals surface area contributed by atoms with Gasteiger partial charge in [-0.15, -0.1) is 47.0 Å². The fourth-order valence-corrected chi connectivity index (χ4v) is 8.15. The topological polar surface area (TPSA) is 51.4 Å². The third-order valence-electron chi connectivity index (χ3n) is 10.8. The Morgan fingerprint density at radius 3 is 2.14 bits per heavy atom. The summed E-state index contributed by atoms with van der Waals surface area (Å²) in [5.41, 5.74) is 10.7. The van der Waals surface area contributed by atoms with Crippen LogP contribution in [0.3, 0.4) is 0 Å². The van der Waals surface area contributed by atoms with Crippen molar-refractivity contribution in [2.75, 3.05) is 16.8 Å². The maximum Gasteiger partial charge on any atom is 0.137 e. The fraction of sp³-hybridized carbons (Fsp3) is 0.146. The SMILES string of the molecule is Cc1cccc2c3cccc(C)c3n(-c3ccnc(-n4c5[c-]c(Oc6[c-]c(N7[CH-]N(C)c8ncccc87)cc(C(C)(C)C)c6)ccc5c5ccccc54)c3)c12.[Pt]. The van der Waals surface area contributed by atoms with Gasteiger partial charge >= 0.3 is 0 Å². The molecule has 0 radical (unpaired) electrons. The molecule has 0 bridgehead atoms. The van der Waals surface area contributed by atoms with Crippen molar-refractivity contribution in [3.63, 3.8) is 0 Å². The van der Waals surface area contributed by atoms with Gasteiger partial charge in [-0.1, -0.05) is 80.9 Å². The van der Waals surface area contributed by atoms with Gasteiger partial charge in [0.25, 0.3) is 0 Å². The first kappa shape index (κ1) is 35.8. The first-order chi connectivity index (χ1) is 26.6. The van der Waals surface area contributed by atoms with Gasteiger partial charge in [0.2, 0.25) is 0 Å². The smallest absolute Gasteiger partial charge is 0.137 e. The zero-order valence-corrected chi connectivity index (χ0v) is 34.3. The maximum absolute atomic E-state index is 6.71. The van der Waals surface area contributed by atoms with Crippen molar-refractivity contribution in [2.45, 2.75) is 40.0 Å². The molecule has 0 N–H and O–H groups in total. The van der Waals surface area contributed by atoms with Crippen LogP contribution in [0.4, 0.5) is 17.2 Å². The molecule has 0 saturated heterocycles. The number of nitrogens with zero attached hydrogens (tertiary/aromatic N) is 6. The van der Waals surface area contributed by atoms with E-state index < -0.39 is 0 Å². The van der Waals surface area contributed by atoms with E-state index in [9.17, 15) is 0 Å². The van der Waals surface area contributed by atoms with Gasteiger partial charge in [-0.25, -0.2) is 9.97 Å². The number of hydrogen-bond acceptors (Lipinski definition) is 5. The normalized spacial score (nSPS) is 12.9. The minimum atomic E-state index is -0.129. The van der Waals surface area contributed by atoms with Crippen molar-refractivity contribution in [2.24, 2.45) is 0 Å². The van der Waals surface area contributed by atoms with Crippen LogP contribution < -0.4 is 14.5 Å². The molecule has 1 aliphatic heterocycles. The number of aryl methyl sites for hydroxylation is 2. The van der Waals surface area contributed by atoms with Crippen molar-refractivity contribution >= 4 is 60.8 Å². The number of hydrogen-bond donors (Lipinski definition) is 0. The predicted octanol–water partition coefficient (Wildman–Crippen LogP) is 11.7. The molecule has 0 unspecified atom stereocenters. The Labute approximate surface area is 341 Å². The number of rotatable bonds is 5. The average molecular weight is 911 g/mol. The second-order valence-electron chi connectivity index (χ2n) is 15.5. The van der Waals surface area contributed by atoms with Crippen LogP contribution in [0.2, 0.25) is 0 Å². The number of aromatic nitrogens is 4. The summed E-state index contributed by atoms with van der Waals surface area (Å²) >= 11 is 0. The van der Waals surface area contributed by atoms with Crippen LogP contribution in [0.15, 0.2) is 122 Å². The molecule has 0 atom stereocenters. The number of fused-ring (bicyclic) bond motifs is 7. The monoisotopic (exact) mass is 910 g/mol. The van der Waals surface area contributed by atoms with E-state index in [0.717, 1.165) is 56.1 Å². The number of ether oxygens (including phenoxy) is 1. The van der Waals surface area contributed by atoms with Crippen LogP contribution >= 0.6 is 0 Å². The summed E-state index contributed by atoms with van der Waals surface area (Å²) in [6.07, 6.45) is 3.73. The molecule has 0 aliphatic carbocycles. The molecule has 0 saturated carbocycles. The molecule has 7 nitrogen and oxygen atoms in total. The first-order valence-electron chi connectivity index (χ1n) is 18.6. The summed E-state index contributed by atoms with van der Waals surface area (Å²) < 4.78 is 11.3. The van der Waals surface area contributed by atoms with Crippen molar-refractivity contribution in [1.29, 1.82) is 0 Å². The molecule has 10 rings (SSSR count). The Hall–Kier alpha value is -5.91. The summed E-state index contributed by atoms with van der Waals surface area (Å²) in [6, 6.07) is 45.5. The van der Waals surface area contributed by atoms with Gasteiger partial charge < -0.3 is 23.7 Å².